The third-order valence-corrected chi connectivity index (χ3v) is 7.21. The number of nitrogens with zero attached hydrogens (tertiary/aromatic N) is 5. The van der Waals surface area contributed by atoms with E-state index in [0.717, 1.165) is 53.4 Å². The number of ether oxygens (including phenoxy) is 1. The van der Waals surface area contributed by atoms with Crippen molar-refractivity contribution in [3.63, 3.8) is 0 Å². The van der Waals surface area contributed by atoms with E-state index in [4.69, 9.17) is 9.84 Å². The molecule has 3 N–H and O–H groups in total. The second kappa shape index (κ2) is 10.9. The smallest absolute Gasteiger partial charge is 0.167 e. The Labute approximate surface area is 225 Å². The van der Waals surface area contributed by atoms with Gasteiger partial charge in [0.2, 0.25) is 0 Å². The zero-order valence-corrected chi connectivity index (χ0v) is 22.3. The van der Waals surface area contributed by atoms with Crippen molar-refractivity contribution in [2.75, 3.05) is 11.9 Å². The fourth-order valence-electron chi connectivity index (χ4n) is 4.95. The average Bonchev–Trinajstić information content (AvgIpc) is 3.50. The molecule has 3 heterocycles. The molecular weight excluding hydrogens is 506 g/mol. The monoisotopic (exact) mass is 540 g/mol. The van der Waals surface area contributed by atoms with Gasteiger partial charge in [-0.2, -0.15) is 10.2 Å². The number of fused-ring (bicyclic) bond motifs is 1. The Bertz CT molecular complexity index is 1440. The molecule has 1 atom stereocenters. The topological polar surface area (TPSA) is 110 Å². The minimum absolute atomic E-state index is 0.0692. The van der Waals surface area contributed by atoms with Crippen molar-refractivity contribution >= 4 is 16.7 Å². The summed E-state index contributed by atoms with van der Waals surface area (Å²) in [5.41, 5.74) is 1.20. The van der Waals surface area contributed by atoms with Crippen molar-refractivity contribution in [2.45, 2.75) is 76.9 Å². The first kappa shape index (κ1) is 27.0. The molecule has 0 radical (unpaired) electrons. The zero-order valence-electron chi connectivity index (χ0n) is 22.3. The maximum Gasteiger partial charge on any atom is 0.167 e. The molecule has 208 valence electrons. The van der Waals surface area contributed by atoms with Crippen LogP contribution in [0.3, 0.4) is 0 Å². The lowest BCUT2D eigenvalue weighted by atomic mass is 9.93. The molecule has 0 unspecified atom stereocenters. The lowest BCUT2D eigenvalue weighted by Gasteiger charge is -2.29. The van der Waals surface area contributed by atoms with E-state index in [1.165, 1.54) is 12.1 Å². The lowest BCUT2D eigenvalue weighted by molar-refractivity contribution is -0.0566. The number of aromatic nitrogens is 5. The molecular formula is C28H34F2N6O3. The number of halogens is 2. The SMILES string of the molecule is CCNc1cc2c(cn1)c(-c1cnn(C[C@@H](O)C(C)(C)O)c1)nn2[C@H]1CC[C@@H](Oc2ccc(F)cc2F)CC1. The highest BCUT2D eigenvalue weighted by Crippen LogP contribution is 2.37. The van der Waals surface area contributed by atoms with Crippen LogP contribution >= 0.6 is 0 Å². The number of aliphatic hydroxyl groups excluding tert-OH is 1. The molecule has 11 heteroatoms. The van der Waals surface area contributed by atoms with Gasteiger partial charge in [-0.25, -0.2) is 13.8 Å². The van der Waals surface area contributed by atoms with Crippen LogP contribution in [0.25, 0.3) is 22.2 Å². The molecule has 39 heavy (non-hydrogen) atoms. The van der Waals surface area contributed by atoms with Gasteiger partial charge in [-0.15, -0.1) is 0 Å². The number of hydrogen-bond acceptors (Lipinski definition) is 7. The maximum absolute atomic E-state index is 14.1. The van der Waals surface area contributed by atoms with Crippen LogP contribution in [-0.2, 0) is 6.54 Å². The van der Waals surface area contributed by atoms with Gasteiger partial charge < -0.3 is 20.3 Å². The molecule has 0 spiro atoms. The van der Waals surface area contributed by atoms with Crippen LogP contribution in [0.2, 0.25) is 0 Å². The van der Waals surface area contributed by atoms with Crippen molar-refractivity contribution in [2.24, 2.45) is 0 Å². The summed E-state index contributed by atoms with van der Waals surface area (Å²) in [6.07, 6.45) is 7.13. The molecule has 5 rings (SSSR count). The standard InChI is InChI=1S/C28H34F2N6O3/c1-4-31-26-12-23-21(14-32-26)27(17-13-33-35(15-17)16-25(37)28(2,3)38)34-36(23)19-6-8-20(9-7-19)39-24-10-5-18(29)11-22(24)30/h5,10-15,19-20,25,37-38H,4,6-9,16H2,1-3H3,(H,31,32)/t19-,20+,25-/m1/s1. The van der Waals surface area contributed by atoms with Gasteiger partial charge in [-0.1, -0.05) is 0 Å². The quantitative estimate of drug-likeness (QED) is 0.282. The second-order valence-corrected chi connectivity index (χ2v) is 10.7. The van der Waals surface area contributed by atoms with Crippen LogP contribution < -0.4 is 10.1 Å². The highest BCUT2D eigenvalue weighted by atomic mass is 19.1. The summed E-state index contributed by atoms with van der Waals surface area (Å²) in [7, 11) is 0. The molecule has 4 aromatic rings. The molecule has 1 saturated carbocycles. The third kappa shape index (κ3) is 5.89. The van der Waals surface area contributed by atoms with E-state index in [1.807, 2.05) is 17.7 Å². The van der Waals surface area contributed by atoms with E-state index in [1.54, 1.807) is 37.1 Å². The first-order valence-corrected chi connectivity index (χ1v) is 13.3. The number of anilines is 1. The van der Waals surface area contributed by atoms with Crippen molar-refractivity contribution in [1.82, 2.24) is 24.5 Å². The van der Waals surface area contributed by atoms with Crippen LogP contribution in [0.15, 0.2) is 42.9 Å². The predicted molar refractivity (Wildman–Crippen MR) is 143 cm³/mol. The Morgan fingerprint density at radius 1 is 1.15 bits per heavy atom. The van der Waals surface area contributed by atoms with Gasteiger partial charge in [-0.3, -0.25) is 9.36 Å². The first-order valence-electron chi connectivity index (χ1n) is 13.3. The van der Waals surface area contributed by atoms with E-state index < -0.39 is 23.3 Å². The molecule has 0 bridgehead atoms. The Morgan fingerprint density at radius 2 is 1.92 bits per heavy atom. The molecule has 1 fully saturated rings. The molecule has 9 nitrogen and oxygen atoms in total. The lowest BCUT2D eigenvalue weighted by Crippen LogP contribution is -2.39. The van der Waals surface area contributed by atoms with Gasteiger partial charge in [0.05, 0.1) is 36.0 Å². The Balaban J connectivity index is 1.39. The van der Waals surface area contributed by atoms with E-state index in [-0.39, 0.29) is 24.4 Å². The van der Waals surface area contributed by atoms with E-state index in [0.29, 0.717) is 12.8 Å². The van der Waals surface area contributed by atoms with Crippen molar-refractivity contribution < 1.29 is 23.7 Å². The molecule has 3 aromatic heterocycles. The summed E-state index contributed by atoms with van der Waals surface area (Å²) >= 11 is 0. The minimum atomic E-state index is -1.25. The fourth-order valence-corrected chi connectivity index (χ4v) is 4.95. The molecule has 1 aromatic carbocycles. The van der Waals surface area contributed by atoms with Gasteiger partial charge in [-0.05, 0) is 58.6 Å². The number of hydrogen-bond donors (Lipinski definition) is 3. The number of pyridine rings is 1. The number of rotatable bonds is 9. The molecule has 0 saturated heterocycles. The molecule has 1 aliphatic carbocycles. The van der Waals surface area contributed by atoms with Crippen LogP contribution in [-0.4, -0.2) is 59.1 Å². The Morgan fingerprint density at radius 3 is 2.62 bits per heavy atom. The van der Waals surface area contributed by atoms with E-state index in [2.05, 4.69) is 15.4 Å². The number of aliphatic hydroxyl groups is 2. The van der Waals surface area contributed by atoms with E-state index in [9.17, 15) is 19.0 Å². The minimum Gasteiger partial charge on any atom is -0.487 e. The summed E-state index contributed by atoms with van der Waals surface area (Å²) in [6, 6.07) is 5.46. The van der Waals surface area contributed by atoms with Crippen molar-refractivity contribution in [3.05, 3.63) is 54.5 Å². The van der Waals surface area contributed by atoms with Gasteiger partial charge in [0, 0.05) is 42.0 Å². The van der Waals surface area contributed by atoms with Crippen LogP contribution in [0.4, 0.5) is 14.6 Å². The van der Waals surface area contributed by atoms with Gasteiger partial charge in [0.15, 0.2) is 11.6 Å². The highest BCUT2D eigenvalue weighted by Gasteiger charge is 2.28. The second-order valence-electron chi connectivity index (χ2n) is 10.7. The normalized spacial score (nSPS) is 18.8. The number of benzene rings is 1. The summed E-state index contributed by atoms with van der Waals surface area (Å²) in [6.45, 7) is 6.00. The summed E-state index contributed by atoms with van der Waals surface area (Å²) in [5.74, 6) is -0.501. The van der Waals surface area contributed by atoms with Crippen LogP contribution in [0.5, 0.6) is 5.75 Å². The van der Waals surface area contributed by atoms with Gasteiger partial charge in [0.1, 0.15) is 23.4 Å². The van der Waals surface area contributed by atoms with Crippen LogP contribution in [0.1, 0.15) is 52.5 Å². The van der Waals surface area contributed by atoms with Crippen LogP contribution in [0, 0.1) is 11.6 Å². The molecule has 0 aliphatic heterocycles. The zero-order chi connectivity index (χ0) is 27.7. The predicted octanol–water partition coefficient (Wildman–Crippen LogP) is 4.70. The molecule has 0 amide bonds. The summed E-state index contributed by atoms with van der Waals surface area (Å²) < 4.78 is 36.8. The van der Waals surface area contributed by atoms with Gasteiger partial charge in [0.25, 0.3) is 0 Å². The third-order valence-electron chi connectivity index (χ3n) is 7.21. The molecule has 1 aliphatic rings. The van der Waals surface area contributed by atoms with Crippen molar-refractivity contribution in [1.29, 1.82) is 0 Å². The van der Waals surface area contributed by atoms with E-state index >= 15 is 0 Å². The largest absolute Gasteiger partial charge is 0.487 e. The average molecular weight is 541 g/mol. The van der Waals surface area contributed by atoms with Gasteiger partial charge >= 0.3 is 0 Å². The fraction of sp³-hybridized carbons (Fsp3) is 0.464. The Kier molecular flexibility index (Phi) is 7.55. The Hall–Kier alpha value is -3.57. The first-order chi connectivity index (χ1) is 18.6. The highest BCUT2D eigenvalue weighted by molar-refractivity contribution is 5.93. The summed E-state index contributed by atoms with van der Waals surface area (Å²) in [5, 5.41) is 33.9. The van der Waals surface area contributed by atoms with Crippen molar-refractivity contribution in [3.8, 4) is 17.0 Å². The summed E-state index contributed by atoms with van der Waals surface area (Å²) in [4.78, 5) is 4.56. The maximum atomic E-state index is 14.1. The number of nitrogens with one attached hydrogen (secondary N) is 1.